The Labute approximate surface area is 130 Å². The summed E-state index contributed by atoms with van der Waals surface area (Å²) in [5.41, 5.74) is 2.61. The smallest absolute Gasteiger partial charge is 0.233 e. The quantitative estimate of drug-likeness (QED) is 0.797. The molecule has 4 nitrogen and oxygen atoms in total. The maximum Gasteiger partial charge on any atom is 0.233 e. The number of hydrogen-bond acceptors (Lipinski definition) is 3. The predicted octanol–water partition coefficient (Wildman–Crippen LogP) is 2.85. The molecule has 2 aromatic rings. The maximum absolute atomic E-state index is 12.0. The molecule has 6 heteroatoms. The van der Waals surface area contributed by atoms with E-state index in [0.717, 1.165) is 17.5 Å². The number of aromatic nitrogens is 1. The fourth-order valence-electron chi connectivity index (χ4n) is 1.88. The summed E-state index contributed by atoms with van der Waals surface area (Å²) in [7, 11) is -3.35. The molecule has 0 spiro atoms. The van der Waals surface area contributed by atoms with E-state index in [0.29, 0.717) is 18.0 Å². The number of pyridine rings is 1. The minimum Gasteiger partial charge on any atom is -0.284 e. The molecule has 2 rings (SSSR count). The second kappa shape index (κ2) is 7.43. The molecule has 1 heterocycles. The minimum atomic E-state index is -3.35. The number of nitrogens with one attached hydrogen (secondary N) is 1. The maximum atomic E-state index is 12.0. The minimum absolute atomic E-state index is 0.0421. The summed E-state index contributed by atoms with van der Waals surface area (Å²) in [5.74, 6) is 0.595. The highest BCUT2D eigenvalue weighted by Crippen LogP contribution is 2.13. The lowest BCUT2D eigenvalue weighted by atomic mass is 10.2. The van der Waals surface area contributed by atoms with E-state index < -0.39 is 10.0 Å². The molecule has 0 saturated heterocycles. The lowest BCUT2D eigenvalue weighted by molar-refractivity contribution is 0.600. The van der Waals surface area contributed by atoms with E-state index in [1.807, 2.05) is 24.3 Å². The number of halogens is 1. The zero-order valence-electron chi connectivity index (χ0n) is 11.5. The summed E-state index contributed by atoms with van der Waals surface area (Å²) < 4.78 is 26.7. The molecule has 0 aliphatic heterocycles. The van der Waals surface area contributed by atoms with E-state index in [1.165, 1.54) is 0 Å². The predicted molar refractivity (Wildman–Crippen MR) is 86.2 cm³/mol. The van der Waals surface area contributed by atoms with Crippen LogP contribution < -0.4 is 4.72 Å². The number of alkyl halides is 1. The van der Waals surface area contributed by atoms with Crippen molar-refractivity contribution >= 4 is 27.3 Å². The summed E-state index contributed by atoms with van der Waals surface area (Å²) in [4.78, 5) is 3.91. The lowest BCUT2D eigenvalue weighted by Gasteiger charge is -2.08. The lowest BCUT2D eigenvalue weighted by Crippen LogP contribution is -2.18. The summed E-state index contributed by atoms with van der Waals surface area (Å²) in [6, 6.07) is 10.9. The molecule has 0 bridgehead atoms. The van der Waals surface area contributed by atoms with Gasteiger partial charge in [0.1, 0.15) is 0 Å². The van der Waals surface area contributed by atoms with Crippen molar-refractivity contribution in [2.45, 2.75) is 12.8 Å². The van der Waals surface area contributed by atoms with Crippen molar-refractivity contribution in [2.75, 3.05) is 16.4 Å². The monoisotopic (exact) mass is 324 g/mol. The number of hydrogen-bond donors (Lipinski definition) is 1. The Hall–Kier alpha value is -1.59. The second-order valence-corrected chi connectivity index (χ2v) is 6.88. The van der Waals surface area contributed by atoms with Crippen LogP contribution in [0.15, 0.2) is 48.8 Å². The first-order valence-electron chi connectivity index (χ1n) is 6.63. The number of nitrogens with zero attached hydrogens (tertiary/aromatic N) is 1. The SMILES string of the molecule is O=S(=O)(CCc1ccncc1)Nc1ccc(CCCl)cc1. The third-order valence-corrected chi connectivity index (χ3v) is 4.50. The third kappa shape index (κ3) is 5.36. The van der Waals surface area contributed by atoms with E-state index in [2.05, 4.69) is 9.71 Å². The summed E-state index contributed by atoms with van der Waals surface area (Å²) >= 11 is 5.67. The number of sulfonamides is 1. The van der Waals surface area contributed by atoms with Crippen molar-refractivity contribution in [3.05, 3.63) is 59.9 Å². The van der Waals surface area contributed by atoms with Gasteiger partial charge in [-0.3, -0.25) is 9.71 Å². The van der Waals surface area contributed by atoms with Gasteiger partial charge in [0.15, 0.2) is 0 Å². The Morgan fingerprint density at radius 1 is 0.952 bits per heavy atom. The van der Waals surface area contributed by atoms with Crippen LogP contribution in [0, 0.1) is 0 Å². The molecule has 0 aliphatic rings. The van der Waals surface area contributed by atoms with E-state index in [4.69, 9.17) is 11.6 Å². The van der Waals surface area contributed by atoms with Crippen LogP contribution >= 0.6 is 11.6 Å². The van der Waals surface area contributed by atoms with Crippen LogP contribution in [0.1, 0.15) is 11.1 Å². The first-order chi connectivity index (χ1) is 10.1. The van der Waals surface area contributed by atoms with Crippen LogP contribution in [-0.2, 0) is 22.9 Å². The van der Waals surface area contributed by atoms with Crippen LogP contribution in [0.3, 0.4) is 0 Å². The molecule has 0 aliphatic carbocycles. The normalized spacial score (nSPS) is 11.3. The van der Waals surface area contributed by atoms with Crippen LogP contribution in [0.2, 0.25) is 0 Å². The highest BCUT2D eigenvalue weighted by molar-refractivity contribution is 7.92. The van der Waals surface area contributed by atoms with Gasteiger partial charge in [0.2, 0.25) is 10.0 Å². The third-order valence-electron chi connectivity index (χ3n) is 3.02. The van der Waals surface area contributed by atoms with Crippen molar-refractivity contribution in [3.8, 4) is 0 Å². The zero-order valence-corrected chi connectivity index (χ0v) is 13.1. The number of benzene rings is 1. The van der Waals surface area contributed by atoms with Crippen LogP contribution in [-0.4, -0.2) is 25.0 Å². The molecule has 0 atom stereocenters. The average molecular weight is 325 g/mol. The Bertz CT molecular complexity index is 658. The van der Waals surface area contributed by atoms with Crippen LogP contribution in [0.25, 0.3) is 0 Å². The van der Waals surface area contributed by atoms with Crippen molar-refractivity contribution in [1.29, 1.82) is 0 Å². The molecular formula is C15H17ClN2O2S. The van der Waals surface area contributed by atoms with Gasteiger partial charge >= 0.3 is 0 Å². The van der Waals surface area contributed by atoms with E-state index >= 15 is 0 Å². The van der Waals surface area contributed by atoms with Crippen molar-refractivity contribution in [3.63, 3.8) is 0 Å². The average Bonchev–Trinajstić information content (AvgIpc) is 2.48. The van der Waals surface area contributed by atoms with E-state index in [9.17, 15) is 8.42 Å². The Morgan fingerprint density at radius 2 is 1.57 bits per heavy atom. The van der Waals surface area contributed by atoms with Gasteiger partial charge < -0.3 is 0 Å². The highest BCUT2D eigenvalue weighted by atomic mass is 35.5. The van der Waals surface area contributed by atoms with Crippen molar-refractivity contribution < 1.29 is 8.42 Å². The summed E-state index contributed by atoms with van der Waals surface area (Å²) in [6.45, 7) is 0. The Balaban J connectivity index is 1.94. The first-order valence-corrected chi connectivity index (χ1v) is 8.82. The fraction of sp³-hybridized carbons (Fsp3) is 0.267. The largest absolute Gasteiger partial charge is 0.284 e. The van der Waals surface area contributed by atoms with Gasteiger partial charge in [-0.25, -0.2) is 8.42 Å². The molecule has 0 amide bonds. The molecule has 0 unspecified atom stereocenters. The van der Waals surface area contributed by atoms with Crippen LogP contribution in [0.5, 0.6) is 0 Å². The second-order valence-electron chi connectivity index (χ2n) is 4.66. The molecule has 112 valence electrons. The highest BCUT2D eigenvalue weighted by Gasteiger charge is 2.10. The van der Waals surface area contributed by atoms with Gasteiger partial charge in [-0.1, -0.05) is 12.1 Å². The van der Waals surface area contributed by atoms with Crippen molar-refractivity contribution in [1.82, 2.24) is 4.98 Å². The number of rotatable bonds is 7. The molecule has 0 saturated carbocycles. The topological polar surface area (TPSA) is 59.1 Å². The van der Waals surface area contributed by atoms with Gasteiger partial charge in [0.05, 0.1) is 5.75 Å². The summed E-state index contributed by atoms with van der Waals surface area (Å²) in [6.07, 6.45) is 4.55. The molecule has 1 aromatic heterocycles. The van der Waals surface area contributed by atoms with Crippen LogP contribution in [0.4, 0.5) is 5.69 Å². The van der Waals surface area contributed by atoms with Crippen molar-refractivity contribution in [2.24, 2.45) is 0 Å². The standard InChI is InChI=1S/C15H17ClN2O2S/c16-9-5-13-1-3-15(4-2-13)18-21(19,20)12-8-14-6-10-17-11-7-14/h1-4,6-7,10-11,18H,5,8-9,12H2. The molecule has 0 radical (unpaired) electrons. The molecule has 21 heavy (non-hydrogen) atoms. The van der Waals surface area contributed by atoms with E-state index in [-0.39, 0.29) is 5.75 Å². The Morgan fingerprint density at radius 3 is 2.19 bits per heavy atom. The van der Waals surface area contributed by atoms with E-state index in [1.54, 1.807) is 24.5 Å². The number of aryl methyl sites for hydroxylation is 2. The van der Waals surface area contributed by atoms with Gasteiger partial charge in [0.25, 0.3) is 0 Å². The van der Waals surface area contributed by atoms with Gasteiger partial charge in [-0.2, -0.15) is 0 Å². The molecule has 1 N–H and O–H groups in total. The first kappa shape index (κ1) is 15.8. The fourth-order valence-corrected chi connectivity index (χ4v) is 3.20. The van der Waals surface area contributed by atoms with Gasteiger partial charge in [-0.05, 0) is 48.2 Å². The Kier molecular flexibility index (Phi) is 5.59. The molecule has 1 aromatic carbocycles. The summed E-state index contributed by atoms with van der Waals surface area (Å²) in [5, 5.41) is 0. The van der Waals surface area contributed by atoms with Gasteiger partial charge in [0, 0.05) is 24.0 Å². The zero-order chi connectivity index (χ0) is 15.1. The molecule has 0 fully saturated rings. The molecular weight excluding hydrogens is 308 g/mol. The number of anilines is 1. The van der Waals surface area contributed by atoms with Gasteiger partial charge in [-0.15, -0.1) is 11.6 Å².